The van der Waals surface area contributed by atoms with Gasteiger partial charge in [-0.05, 0) is 51.5 Å². The molecule has 4 amide bonds. The largest absolute Gasteiger partial charge is 0.480 e. The molecule has 0 spiro atoms. The summed E-state index contributed by atoms with van der Waals surface area (Å²) in [6.07, 6.45) is 3.79. The first kappa shape index (κ1) is 26.5. The molecule has 0 aromatic heterocycles. The van der Waals surface area contributed by atoms with Crippen molar-refractivity contribution in [2.24, 2.45) is 17.2 Å². The first-order valence-corrected chi connectivity index (χ1v) is 11.6. The van der Waals surface area contributed by atoms with E-state index in [0.717, 1.165) is 12.8 Å². The molecule has 0 aliphatic carbocycles. The average molecular weight is 469 g/mol. The van der Waals surface area contributed by atoms with E-state index in [1.165, 1.54) is 9.80 Å². The normalized spacial score (nSPS) is 22.1. The lowest BCUT2D eigenvalue weighted by molar-refractivity contribution is -0.148. The standard InChI is InChI=1S/C21H36N6O6/c22-10-2-1-5-13(23)19(30)27-12-4-7-16(27)20(31)26-11-3-6-15(26)18(29)25-14(21(32)33)8-9-17(24)28/h13-16H,1-12,22-23H2,(H2,24,28)(H,25,29)(H,32,33). The summed E-state index contributed by atoms with van der Waals surface area (Å²) in [5.41, 5.74) is 16.6. The van der Waals surface area contributed by atoms with Gasteiger partial charge < -0.3 is 37.4 Å². The lowest BCUT2D eigenvalue weighted by Gasteiger charge is -2.32. The number of carboxylic acids is 1. The van der Waals surface area contributed by atoms with E-state index in [1.54, 1.807) is 0 Å². The first-order chi connectivity index (χ1) is 15.7. The molecule has 8 N–H and O–H groups in total. The zero-order valence-electron chi connectivity index (χ0n) is 18.9. The number of hydrogen-bond donors (Lipinski definition) is 5. The Morgan fingerprint density at radius 1 is 0.970 bits per heavy atom. The van der Waals surface area contributed by atoms with E-state index in [2.05, 4.69) is 5.32 Å². The van der Waals surface area contributed by atoms with Crippen LogP contribution in [0.15, 0.2) is 0 Å². The summed E-state index contributed by atoms with van der Waals surface area (Å²) in [6.45, 7) is 1.30. The molecule has 2 saturated heterocycles. The minimum atomic E-state index is -1.28. The van der Waals surface area contributed by atoms with Gasteiger partial charge in [0.25, 0.3) is 0 Å². The number of likely N-dealkylation sites (tertiary alicyclic amines) is 2. The van der Waals surface area contributed by atoms with Crippen LogP contribution >= 0.6 is 0 Å². The summed E-state index contributed by atoms with van der Waals surface area (Å²) in [6, 6.07) is -3.50. The number of nitrogens with one attached hydrogen (secondary N) is 1. The van der Waals surface area contributed by atoms with Crippen LogP contribution in [0.3, 0.4) is 0 Å². The third-order valence-corrected chi connectivity index (χ3v) is 6.24. The summed E-state index contributed by atoms with van der Waals surface area (Å²) in [5.74, 6) is -3.14. The van der Waals surface area contributed by atoms with Crippen LogP contribution in [0.2, 0.25) is 0 Å². The van der Waals surface area contributed by atoms with Crippen molar-refractivity contribution in [2.45, 2.75) is 82.0 Å². The van der Waals surface area contributed by atoms with Gasteiger partial charge in [-0.25, -0.2) is 4.79 Å². The number of primary amides is 1. The molecule has 12 heteroatoms. The van der Waals surface area contributed by atoms with Crippen molar-refractivity contribution in [2.75, 3.05) is 19.6 Å². The number of aliphatic carboxylic acids is 1. The highest BCUT2D eigenvalue weighted by Gasteiger charge is 2.43. The Labute approximate surface area is 193 Å². The Morgan fingerprint density at radius 3 is 2.21 bits per heavy atom. The van der Waals surface area contributed by atoms with Crippen molar-refractivity contribution < 1.29 is 29.1 Å². The number of rotatable bonds is 12. The van der Waals surface area contributed by atoms with Gasteiger partial charge in [0.1, 0.15) is 18.1 Å². The molecule has 2 aliphatic rings. The molecule has 0 saturated carbocycles. The summed E-state index contributed by atoms with van der Waals surface area (Å²) in [5, 5.41) is 11.8. The number of nitrogens with zero attached hydrogens (tertiary/aromatic N) is 2. The summed E-state index contributed by atoms with van der Waals surface area (Å²) < 4.78 is 0. The van der Waals surface area contributed by atoms with Gasteiger partial charge in [-0.2, -0.15) is 0 Å². The second-order valence-corrected chi connectivity index (χ2v) is 8.67. The zero-order chi connectivity index (χ0) is 24.5. The number of nitrogens with two attached hydrogens (primary N) is 3. The first-order valence-electron chi connectivity index (χ1n) is 11.6. The number of amides is 4. The van der Waals surface area contributed by atoms with E-state index in [4.69, 9.17) is 17.2 Å². The number of hydrogen-bond acceptors (Lipinski definition) is 7. The fourth-order valence-corrected chi connectivity index (χ4v) is 4.44. The van der Waals surface area contributed by atoms with E-state index < -0.39 is 42.0 Å². The highest BCUT2D eigenvalue weighted by molar-refractivity contribution is 5.95. The third kappa shape index (κ3) is 7.13. The summed E-state index contributed by atoms with van der Waals surface area (Å²) in [7, 11) is 0. The maximum atomic E-state index is 13.3. The fourth-order valence-electron chi connectivity index (χ4n) is 4.44. The second kappa shape index (κ2) is 12.5. The van der Waals surface area contributed by atoms with Crippen LogP contribution in [-0.4, -0.2) is 88.3 Å². The highest BCUT2D eigenvalue weighted by atomic mass is 16.4. The molecule has 2 rings (SSSR count). The van der Waals surface area contributed by atoms with Crippen LogP contribution in [0, 0.1) is 0 Å². The monoisotopic (exact) mass is 468 g/mol. The molecule has 4 unspecified atom stereocenters. The summed E-state index contributed by atoms with van der Waals surface area (Å²) in [4.78, 5) is 64.3. The van der Waals surface area contributed by atoms with Crippen molar-refractivity contribution in [1.29, 1.82) is 0 Å². The van der Waals surface area contributed by atoms with E-state index in [9.17, 15) is 29.1 Å². The van der Waals surface area contributed by atoms with Crippen molar-refractivity contribution in [3.63, 3.8) is 0 Å². The Morgan fingerprint density at radius 2 is 1.61 bits per heavy atom. The molecule has 33 heavy (non-hydrogen) atoms. The molecule has 0 radical (unpaired) electrons. The Bertz CT molecular complexity index is 747. The minimum Gasteiger partial charge on any atom is -0.480 e. The molecule has 2 aliphatic heterocycles. The molecule has 2 fully saturated rings. The van der Waals surface area contributed by atoms with E-state index in [0.29, 0.717) is 51.7 Å². The van der Waals surface area contributed by atoms with Gasteiger partial charge in [-0.1, -0.05) is 6.42 Å². The Kier molecular flexibility index (Phi) is 10.0. The van der Waals surface area contributed by atoms with E-state index >= 15 is 0 Å². The Hall–Kier alpha value is -2.73. The molecular formula is C21H36N6O6. The van der Waals surface area contributed by atoms with Crippen molar-refractivity contribution in [1.82, 2.24) is 15.1 Å². The molecule has 0 bridgehead atoms. The lowest BCUT2D eigenvalue weighted by Crippen LogP contribution is -2.56. The van der Waals surface area contributed by atoms with Crippen LogP contribution in [0.1, 0.15) is 57.8 Å². The topological polar surface area (TPSA) is 202 Å². The van der Waals surface area contributed by atoms with Crippen LogP contribution in [0.25, 0.3) is 0 Å². The number of carbonyl (C=O) groups excluding carboxylic acids is 4. The maximum absolute atomic E-state index is 13.3. The predicted octanol–water partition coefficient (Wildman–Crippen LogP) is -1.74. The number of carbonyl (C=O) groups is 5. The SMILES string of the molecule is NCCCCC(N)C(=O)N1CCCC1C(=O)N1CCCC1C(=O)NC(CCC(N)=O)C(=O)O. The minimum absolute atomic E-state index is 0.135. The third-order valence-electron chi connectivity index (χ3n) is 6.24. The molecule has 186 valence electrons. The predicted molar refractivity (Wildman–Crippen MR) is 118 cm³/mol. The van der Waals surface area contributed by atoms with E-state index in [1.807, 2.05) is 0 Å². The van der Waals surface area contributed by atoms with Crippen molar-refractivity contribution in [3.8, 4) is 0 Å². The van der Waals surface area contributed by atoms with Crippen LogP contribution in [0.5, 0.6) is 0 Å². The van der Waals surface area contributed by atoms with Gasteiger partial charge in [0.05, 0.1) is 6.04 Å². The van der Waals surface area contributed by atoms with Gasteiger partial charge >= 0.3 is 5.97 Å². The Balaban J connectivity index is 2.03. The van der Waals surface area contributed by atoms with Crippen LogP contribution < -0.4 is 22.5 Å². The highest BCUT2D eigenvalue weighted by Crippen LogP contribution is 2.26. The van der Waals surface area contributed by atoms with Gasteiger partial charge in [0.15, 0.2) is 0 Å². The molecule has 0 aromatic rings. The summed E-state index contributed by atoms with van der Waals surface area (Å²) >= 11 is 0. The average Bonchev–Trinajstić information content (AvgIpc) is 3.45. The zero-order valence-corrected chi connectivity index (χ0v) is 18.9. The van der Waals surface area contributed by atoms with Gasteiger partial charge in [0.2, 0.25) is 23.6 Å². The quantitative estimate of drug-likeness (QED) is 0.208. The lowest BCUT2D eigenvalue weighted by atomic mass is 10.1. The molecule has 0 aromatic carbocycles. The maximum Gasteiger partial charge on any atom is 0.326 e. The smallest absolute Gasteiger partial charge is 0.326 e. The molecule has 4 atom stereocenters. The van der Waals surface area contributed by atoms with Gasteiger partial charge in [-0.15, -0.1) is 0 Å². The van der Waals surface area contributed by atoms with Crippen LogP contribution in [0.4, 0.5) is 0 Å². The molecular weight excluding hydrogens is 432 g/mol. The van der Waals surface area contributed by atoms with Gasteiger partial charge in [-0.3, -0.25) is 19.2 Å². The van der Waals surface area contributed by atoms with E-state index in [-0.39, 0.29) is 24.7 Å². The van der Waals surface area contributed by atoms with Gasteiger partial charge in [0, 0.05) is 19.5 Å². The number of unbranched alkanes of at least 4 members (excludes halogenated alkanes) is 1. The van der Waals surface area contributed by atoms with Crippen LogP contribution in [-0.2, 0) is 24.0 Å². The van der Waals surface area contributed by atoms with Crippen molar-refractivity contribution in [3.05, 3.63) is 0 Å². The molecule has 2 heterocycles. The molecule has 12 nitrogen and oxygen atoms in total. The number of carboxylic acid groups (broad SMARTS) is 1. The second-order valence-electron chi connectivity index (χ2n) is 8.67. The fraction of sp³-hybridized carbons (Fsp3) is 0.762. The van der Waals surface area contributed by atoms with Crippen molar-refractivity contribution >= 4 is 29.6 Å².